The predicted molar refractivity (Wildman–Crippen MR) is 75.4 cm³/mol. The first-order chi connectivity index (χ1) is 8.64. The summed E-state index contributed by atoms with van der Waals surface area (Å²) in [6.45, 7) is 4.43. The van der Waals surface area contributed by atoms with Crippen LogP contribution in [0.3, 0.4) is 0 Å². The Balaban J connectivity index is 3.31. The van der Waals surface area contributed by atoms with Crippen molar-refractivity contribution in [2.45, 2.75) is 31.2 Å². The topological polar surface area (TPSA) is 74.7 Å². The molecule has 0 bridgehead atoms. The molecule has 0 atom stereocenters. The van der Waals surface area contributed by atoms with Crippen molar-refractivity contribution >= 4 is 31.9 Å². The van der Waals surface area contributed by atoms with Crippen molar-refractivity contribution in [3.8, 4) is 0 Å². The molecule has 106 valence electrons. The van der Waals surface area contributed by atoms with Crippen molar-refractivity contribution in [1.29, 1.82) is 0 Å². The minimum Gasteiger partial charge on any atom is -0.480 e. The van der Waals surface area contributed by atoms with Gasteiger partial charge in [-0.15, -0.1) is 0 Å². The highest BCUT2D eigenvalue weighted by Crippen LogP contribution is 2.25. The first-order valence-corrected chi connectivity index (χ1v) is 7.89. The Labute approximate surface area is 121 Å². The third kappa shape index (κ3) is 3.16. The molecule has 19 heavy (non-hydrogen) atoms. The number of aliphatic carboxylic acids is 1. The molecule has 0 heterocycles. The Kier molecular flexibility index (Phi) is 4.76. The Hall–Kier alpha value is -0.920. The second-order valence-electron chi connectivity index (χ2n) is 4.49. The van der Waals surface area contributed by atoms with Crippen LogP contribution in [0.5, 0.6) is 0 Å². The first-order valence-electron chi connectivity index (χ1n) is 5.66. The van der Waals surface area contributed by atoms with E-state index in [2.05, 4.69) is 15.9 Å². The van der Waals surface area contributed by atoms with E-state index in [4.69, 9.17) is 0 Å². The number of carboxylic acids is 1. The van der Waals surface area contributed by atoms with Crippen LogP contribution >= 0.6 is 15.9 Å². The molecule has 0 aliphatic rings. The van der Waals surface area contributed by atoms with Crippen LogP contribution in [0.15, 0.2) is 33.6 Å². The van der Waals surface area contributed by atoms with Gasteiger partial charge in [-0.2, -0.15) is 4.31 Å². The lowest BCUT2D eigenvalue weighted by Crippen LogP contribution is -2.52. The Morgan fingerprint density at radius 1 is 1.32 bits per heavy atom. The summed E-state index contributed by atoms with van der Waals surface area (Å²) in [7, 11) is -3.84. The zero-order valence-electron chi connectivity index (χ0n) is 10.9. The van der Waals surface area contributed by atoms with E-state index in [1.807, 2.05) is 0 Å². The zero-order chi connectivity index (χ0) is 14.8. The molecule has 0 saturated heterocycles. The van der Waals surface area contributed by atoms with Crippen LogP contribution < -0.4 is 0 Å². The highest BCUT2D eigenvalue weighted by molar-refractivity contribution is 9.10. The van der Waals surface area contributed by atoms with Crippen LogP contribution in [0.4, 0.5) is 0 Å². The maximum atomic E-state index is 12.5. The number of carbonyl (C=O) groups is 1. The molecule has 0 spiro atoms. The van der Waals surface area contributed by atoms with Gasteiger partial charge in [0, 0.05) is 11.0 Å². The standard InChI is InChI=1S/C12H16BrNO4S/c1-4-14(12(2,3)11(15)16)19(17,18)10-7-5-9(13)6-8-10/h5-8H,4H2,1-3H3,(H,15,16). The van der Waals surface area contributed by atoms with Gasteiger partial charge in [-0.05, 0) is 38.1 Å². The van der Waals surface area contributed by atoms with Gasteiger partial charge in [-0.1, -0.05) is 22.9 Å². The summed E-state index contributed by atoms with van der Waals surface area (Å²) in [6, 6.07) is 6.10. The third-order valence-corrected chi connectivity index (χ3v) is 5.53. The largest absolute Gasteiger partial charge is 0.480 e. The van der Waals surface area contributed by atoms with E-state index in [-0.39, 0.29) is 11.4 Å². The molecule has 0 saturated carbocycles. The van der Waals surface area contributed by atoms with E-state index in [1.165, 1.54) is 26.0 Å². The SMILES string of the molecule is CCN(C(C)(C)C(=O)O)S(=O)(=O)c1ccc(Br)cc1. The number of halogens is 1. The lowest BCUT2D eigenvalue weighted by molar-refractivity contribution is -0.146. The van der Waals surface area contributed by atoms with Crippen LogP contribution in [0.1, 0.15) is 20.8 Å². The molecule has 7 heteroatoms. The quantitative estimate of drug-likeness (QED) is 0.884. The van der Waals surface area contributed by atoms with Crippen molar-refractivity contribution in [3.05, 3.63) is 28.7 Å². The maximum Gasteiger partial charge on any atom is 0.324 e. The summed E-state index contributed by atoms with van der Waals surface area (Å²) in [5.74, 6) is -1.19. The number of sulfonamides is 1. The van der Waals surface area contributed by atoms with Gasteiger partial charge < -0.3 is 5.11 Å². The number of nitrogens with zero attached hydrogens (tertiary/aromatic N) is 1. The summed E-state index contributed by atoms with van der Waals surface area (Å²) >= 11 is 3.23. The number of carboxylic acid groups (broad SMARTS) is 1. The molecule has 0 aliphatic carbocycles. The smallest absolute Gasteiger partial charge is 0.324 e. The minimum absolute atomic E-state index is 0.0758. The van der Waals surface area contributed by atoms with Gasteiger partial charge in [-0.25, -0.2) is 8.42 Å². The van der Waals surface area contributed by atoms with Gasteiger partial charge in [-0.3, -0.25) is 4.79 Å². The van der Waals surface area contributed by atoms with Crippen molar-refractivity contribution < 1.29 is 18.3 Å². The molecule has 1 aromatic carbocycles. The van der Waals surface area contributed by atoms with Crippen molar-refractivity contribution in [1.82, 2.24) is 4.31 Å². The Morgan fingerprint density at radius 3 is 2.16 bits per heavy atom. The van der Waals surface area contributed by atoms with Gasteiger partial charge in [0.05, 0.1) is 4.90 Å². The molecule has 1 rings (SSSR count). The molecular weight excluding hydrogens is 334 g/mol. The van der Waals surface area contributed by atoms with Gasteiger partial charge >= 0.3 is 5.97 Å². The van der Waals surface area contributed by atoms with Gasteiger partial charge in [0.25, 0.3) is 0 Å². The van der Waals surface area contributed by atoms with Crippen molar-refractivity contribution in [2.75, 3.05) is 6.54 Å². The summed E-state index contributed by atoms with van der Waals surface area (Å²) in [5.41, 5.74) is -1.50. The van der Waals surface area contributed by atoms with Crippen LogP contribution in [0, 0.1) is 0 Å². The minimum atomic E-state index is -3.84. The summed E-state index contributed by atoms with van der Waals surface area (Å²) in [6.07, 6.45) is 0. The predicted octanol–water partition coefficient (Wildman–Crippen LogP) is 2.32. The Bertz CT molecular complexity index is 566. The number of likely N-dealkylation sites (N-methyl/N-ethyl adjacent to an activating group) is 1. The van der Waals surface area contributed by atoms with Crippen LogP contribution in [0.25, 0.3) is 0 Å². The highest BCUT2D eigenvalue weighted by Gasteiger charge is 2.41. The zero-order valence-corrected chi connectivity index (χ0v) is 13.3. The van der Waals surface area contributed by atoms with Gasteiger partial charge in [0.1, 0.15) is 5.54 Å². The highest BCUT2D eigenvalue weighted by atomic mass is 79.9. The van der Waals surface area contributed by atoms with Crippen molar-refractivity contribution in [2.24, 2.45) is 0 Å². The van der Waals surface area contributed by atoms with Crippen LogP contribution in [0.2, 0.25) is 0 Å². The van der Waals surface area contributed by atoms with Gasteiger partial charge in [0.15, 0.2) is 0 Å². The fourth-order valence-corrected chi connectivity index (χ4v) is 3.72. The summed E-state index contributed by atoms with van der Waals surface area (Å²) in [4.78, 5) is 11.3. The lowest BCUT2D eigenvalue weighted by atomic mass is 10.1. The lowest BCUT2D eigenvalue weighted by Gasteiger charge is -2.33. The van der Waals surface area contributed by atoms with E-state index in [0.29, 0.717) is 0 Å². The molecule has 0 amide bonds. The van der Waals surface area contributed by atoms with E-state index >= 15 is 0 Å². The number of hydrogen-bond acceptors (Lipinski definition) is 3. The fourth-order valence-electron chi connectivity index (χ4n) is 1.71. The van der Waals surface area contributed by atoms with Crippen molar-refractivity contribution in [3.63, 3.8) is 0 Å². The van der Waals surface area contributed by atoms with Crippen LogP contribution in [-0.4, -0.2) is 35.9 Å². The first kappa shape index (κ1) is 16.1. The normalized spacial score (nSPS) is 12.7. The van der Waals surface area contributed by atoms with Gasteiger partial charge in [0.2, 0.25) is 10.0 Å². The van der Waals surface area contributed by atoms with E-state index in [1.54, 1.807) is 19.1 Å². The third-order valence-electron chi connectivity index (χ3n) is 2.84. The summed E-state index contributed by atoms with van der Waals surface area (Å²) in [5, 5.41) is 9.18. The van der Waals surface area contributed by atoms with E-state index in [9.17, 15) is 18.3 Å². The molecule has 0 unspecified atom stereocenters. The van der Waals surface area contributed by atoms with E-state index < -0.39 is 21.5 Å². The molecule has 0 aromatic heterocycles. The molecule has 1 aromatic rings. The molecule has 5 nitrogen and oxygen atoms in total. The molecule has 0 fully saturated rings. The Morgan fingerprint density at radius 2 is 1.79 bits per heavy atom. The monoisotopic (exact) mass is 349 g/mol. The second-order valence-corrected chi connectivity index (χ2v) is 7.27. The summed E-state index contributed by atoms with van der Waals surface area (Å²) < 4.78 is 26.7. The molecule has 0 aliphatic heterocycles. The number of benzene rings is 1. The molecule has 0 radical (unpaired) electrons. The number of rotatable bonds is 5. The second kappa shape index (κ2) is 5.60. The molecule has 1 N–H and O–H groups in total. The fraction of sp³-hybridized carbons (Fsp3) is 0.417. The number of hydrogen-bond donors (Lipinski definition) is 1. The average molecular weight is 350 g/mol. The maximum absolute atomic E-state index is 12.5. The van der Waals surface area contributed by atoms with Crippen LogP contribution in [-0.2, 0) is 14.8 Å². The van der Waals surface area contributed by atoms with E-state index in [0.717, 1.165) is 8.78 Å². The average Bonchev–Trinajstić information content (AvgIpc) is 2.29. The molecular formula is C12H16BrNO4S.